The Hall–Kier alpha value is -1.59. The van der Waals surface area contributed by atoms with Crippen molar-refractivity contribution < 1.29 is 0 Å². The molecule has 2 aromatic rings. The summed E-state index contributed by atoms with van der Waals surface area (Å²) in [7, 11) is 0. The highest BCUT2D eigenvalue weighted by atomic mass is 32.1. The van der Waals surface area contributed by atoms with Gasteiger partial charge in [-0.1, -0.05) is 26.0 Å². The second-order valence-corrected chi connectivity index (χ2v) is 9.40. The summed E-state index contributed by atoms with van der Waals surface area (Å²) >= 11 is 5.76. The first-order valence-electron chi connectivity index (χ1n) is 12.0. The Balaban J connectivity index is 1.66. The number of rotatable bonds is 7. The lowest BCUT2D eigenvalue weighted by atomic mass is 9.74. The van der Waals surface area contributed by atoms with E-state index in [0.29, 0.717) is 18.0 Å². The molecule has 1 aliphatic heterocycles. The molecule has 3 atom stereocenters. The van der Waals surface area contributed by atoms with E-state index in [1.807, 2.05) is 0 Å². The van der Waals surface area contributed by atoms with E-state index in [0.717, 1.165) is 31.3 Å². The minimum Gasteiger partial charge on any atom is -0.359 e. The lowest BCUT2D eigenvalue weighted by Gasteiger charge is -2.47. The number of thiocarbonyl (C=S) groups is 1. The molecule has 5 heteroatoms. The summed E-state index contributed by atoms with van der Waals surface area (Å²) in [5, 5.41) is 6.19. The molecular weight excluding hydrogens is 388 g/mol. The van der Waals surface area contributed by atoms with Crippen LogP contribution in [-0.4, -0.2) is 57.7 Å². The lowest BCUT2D eigenvalue weighted by Crippen LogP contribution is -2.57. The van der Waals surface area contributed by atoms with Gasteiger partial charge in [-0.2, -0.15) is 0 Å². The number of hydrogen-bond donors (Lipinski definition) is 1. The van der Waals surface area contributed by atoms with Gasteiger partial charge in [0.2, 0.25) is 0 Å². The number of aromatic nitrogens is 1. The average Bonchev–Trinajstić information content (AvgIpc) is 3.09. The third-order valence-corrected chi connectivity index (χ3v) is 7.50. The highest BCUT2D eigenvalue weighted by molar-refractivity contribution is 7.80. The molecule has 1 aromatic carbocycles. The Morgan fingerprint density at radius 3 is 2.60 bits per heavy atom. The number of hydrogen-bond acceptors (Lipinski definition) is 2. The fourth-order valence-electron chi connectivity index (χ4n) is 5.83. The van der Waals surface area contributed by atoms with Crippen molar-refractivity contribution in [3.63, 3.8) is 0 Å². The van der Waals surface area contributed by atoms with Crippen molar-refractivity contribution >= 4 is 28.2 Å². The van der Waals surface area contributed by atoms with Crippen molar-refractivity contribution in [1.82, 2.24) is 19.7 Å². The molecule has 1 N–H and O–H groups in total. The maximum atomic E-state index is 5.76. The van der Waals surface area contributed by atoms with Crippen LogP contribution in [0.15, 0.2) is 24.4 Å². The molecule has 1 unspecified atom stereocenters. The maximum absolute atomic E-state index is 5.76. The number of nitrogens with one attached hydrogen (secondary N) is 1. The van der Waals surface area contributed by atoms with Crippen molar-refractivity contribution in [1.29, 1.82) is 0 Å². The van der Waals surface area contributed by atoms with Crippen LogP contribution in [0.25, 0.3) is 10.9 Å². The lowest BCUT2D eigenvalue weighted by molar-refractivity contribution is 0.104. The number of piperidine rings is 1. The number of nitrogens with zero attached hydrogens (tertiary/aromatic N) is 3. The number of benzene rings is 1. The van der Waals surface area contributed by atoms with Crippen LogP contribution >= 0.6 is 12.2 Å². The summed E-state index contributed by atoms with van der Waals surface area (Å²) in [5.74, 6) is 0.580. The van der Waals surface area contributed by atoms with Crippen molar-refractivity contribution in [2.45, 2.75) is 77.9 Å². The molecule has 4 rings (SSSR count). The zero-order chi connectivity index (χ0) is 21.3. The zero-order valence-electron chi connectivity index (χ0n) is 19.2. The molecular formula is C25H38N4S. The molecule has 0 spiro atoms. The van der Waals surface area contributed by atoms with Gasteiger partial charge in [-0.15, -0.1) is 0 Å². The quantitative estimate of drug-likeness (QED) is 0.645. The molecule has 0 amide bonds. The summed E-state index contributed by atoms with van der Waals surface area (Å²) in [5.41, 5.74) is 4.55. The van der Waals surface area contributed by atoms with E-state index < -0.39 is 0 Å². The van der Waals surface area contributed by atoms with Crippen molar-refractivity contribution in [2.24, 2.45) is 0 Å². The summed E-state index contributed by atoms with van der Waals surface area (Å²) in [6.45, 7) is 14.2. The van der Waals surface area contributed by atoms with E-state index >= 15 is 0 Å². The van der Waals surface area contributed by atoms with Gasteiger partial charge in [0, 0.05) is 61.3 Å². The van der Waals surface area contributed by atoms with E-state index in [1.54, 1.807) is 11.1 Å². The molecule has 0 radical (unpaired) electrons. The second-order valence-electron chi connectivity index (χ2n) is 9.02. The zero-order valence-corrected chi connectivity index (χ0v) is 20.0. The van der Waals surface area contributed by atoms with Gasteiger partial charge >= 0.3 is 0 Å². The predicted molar refractivity (Wildman–Crippen MR) is 131 cm³/mol. The number of likely N-dealkylation sites (tertiary alicyclic amines) is 1. The third-order valence-electron chi connectivity index (χ3n) is 7.13. The molecule has 30 heavy (non-hydrogen) atoms. The van der Waals surface area contributed by atoms with Gasteiger partial charge < -0.3 is 14.8 Å². The van der Waals surface area contributed by atoms with Gasteiger partial charge in [-0.25, -0.2) is 0 Å². The minimum atomic E-state index is 0.417. The van der Waals surface area contributed by atoms with Gasteiger partial charge in [0.05, 0.1) is 0 Å². The fraction of sp³-hybridized carbons (Fsp3) is 0.640. The Morgan fingerprint density at radius 1 is 1.13 bits per heavy atom. The monoisotopic (exact) mass is 426 g/mol. The summed E-state index contributed by atoms with van der Waals surface area (Å²) in [6.07, 6.45) is 7.17. The summed E-state index contributed by atoms with van der Waals surface area (Å²) < 4.78 is 2.49. The van der Waals surface area contributed by atoms with Crippen LogP contribution in [0.4, 0.5) is 0 Å². The van der Waals surface area contributed by atoms with E-state index in [1.165, 1.54) is 43.1 Å². The van der Waals surface area contributed by atoms with E-state index in [4.69, 9.17) is 12.2 Å². The van der Waals surface area contributed by atoms with Crippen LogP contribution in [0.3, 0.4) is 0 Å². The molecule has 0 saturated carbocycles. The molecule has 4 nitrogen and oxygen atoms in total. The Bertz CT molecular complexity index is 885. The first-order chi connectivity index (χ1) is 14.6. The largest absolute Gasteiger partial charge is 0.359 e. The minimum absolute atomic E-state index is 0.417. The van der Waals surface area contributed by atoms with Crippen LogP contribution in [0, 0.1) is 0 Å². The van der Waals surface area contributed by atoms with Crippen molar-refractivity contribution in [3.05, 3.63) is 35.5 Å². The summed E-state index contributed by atoms with van der Waals surface area (Å²) in [4.78, 5) is 5.01. The van der Waals surface area contributed by atoms with E-state index in [9.17, 15) is 0 Å². The van der Waals surface area contributed by atoms with Crippen LogP contribution < -0.4 is 5.32 Å². The fourth-order valence-corrected chi connectivity index (χ4v) is 6.25. The highest BCUT2D eigenvalue weighted by Gasteiger charge is 2.41. The van der Waals surface area contributed by atoms with Crippen LogP contribution in [0.5, 0.6) is 0 Å². The Morgan fingerprint density at radius 2 is 1.90 bits per heavy atom. The van der Waals surface area contributed by atoms with Gasteiger partial charge in [0.15, 0.2) is 5.11 Å². The van der Waals surface area contributed by atoms with E-state index in [-0.39, 0.29) is 0 Å². The van der Waals surface area contributed by atoms with Crippen molar-refractivity contribution in [2.75, 3.05) is 26.2 Å². The molecule has 2 aliphatic rings. The summed E-state index contributed by atoms with van der Waals surface area (Å²) in [6, 6.07) is 8.02. The van der Waals surface area contributed by atoms with Crippen LogP contribution in [0.2, 0.25) is 0 Å². The predicted octanol–water partition coefficient (Wildman–Crippen LogP) is 4.76. The van der Waals surface area contributed by atoms with Crippen LogP contribution in [-0.2, 0) is 13.0 Å². The molecule has 164 valence electrons. The number of aryl methyl sites for hydroxylation is 1. The molecule has 1 saturated heterocycles. The Labute approximate surface area is 187 Å². The Kier molecular flexibility index (Phi) is 6.69. The highest BCUT2D eigenvalue weighted by Crippen LogP contribution is 2.44. The molecule has 1 fully saturated rings. The van der Waals surface area contributed by atoms with E-state index in [2.05, 4.69) is 71.8 Å². The van der Waals surface area contributed by atoms with Crippen LogP contribution in [0.1, 0.15) is 64.0 Å². The normalized spacial score (nSPS) is 23.4. The topological polar surface area (TPSA) is 23.4 Å². The smallest absolute Gasteiger partial charge is 0.169 e. The second kappa shape index (κ2) is 9.27. The standard InChI is InChI=1S/C25H38N4S/c1-5-12-28-16-18-14-23-21(20-10-9-11-22(28)24(18)20)15-19(17-29(23)13-6-2)26-25(30)27(7-3)8-4/h9-11,16,19,21,23H,5-8,12-15,17H2,1-4H3,(H,26,30)/t19?,21-,23-/m1/s1. The molecule has 0 bridgehead atoms. The maximum Gasteiger partial charge on any atom is 0.169 e. The first-order valence-corrected chi connectivity index (χ1v) is 12.4. The molecule has 1 aromatic heterocycles. The van der Waals surface area contributed by atoms with Gasteiger partial charge in [-0.3, -0.25) is 4.90 Å². The average molecular weight is 427 g/mol. The third kappa shape index (κ3) is 3.87. The van der Waals surface area contributed by atoms with Gasteiger partial charge in [-0.05, 0) is 75.5 Å². The molecule has 2 heterocycles. The van der Waals surface area contributed by atoms with Gasteiger partial charge in [0.25, 0.3) is 0 Å². The van der Waals surface area contributed by atoms with Gasteiger partial charge in [0.1, 0.15) is 0 Å². The molecule has 1 aliphatic carbocycles. The first kappa shape index (κ1) is 21.6. The number of fused-ring (bicyclic) bond motifs is 2. The SMILES string of the molecule is CCCN1CC(NC(=S)N(CC)CC)C[C@@H]2c3cccc4c3c(cn4CCC)C[C@H]21. The van der Waals surface area contributed by atoms with Crippen molar-refractivity contribution in [3.8, 4) is 0 Å².